The molecule has 14 heteroatoms. The zero-order valence-corrected chi connectivity index (χ0v) is 29.5. The van der Waals surface area contributed by atoms with Gasteiger partial charge in [0.15, 0.2) is 17.0 Å². The number of phenolic OH excluding ortho intramolecular Hbond substituents is 1. The van der Waals surface area contributed by atoms with Crippen LogP contribution in [0.3, 0.4) is 0 Å². The molecule has 2 fully saturated rings. The Morgan fingerprint density at radius 2 is 1.66 bits per heavy atom. The highest BCUT2D eigenvalue weighted by atomic mass is 16.3. The average Bonchev–Trinajstić information content (AvgIpc) is 3.89. The number of nitrogens with one attached hydrogen (secondary N) is 4. The Morgan fingerprint density at radius 1 is 0.925 bits per heavy atom. The number of amides is 3. The van der Waals surface area contributed by atoms with Gasteiger partial charge in [0.25, 0.3) is 0 Å². The Labute approximate surface area is 307 Å². The lowest BCUT2D eigenvalue weighted by molar-refractivity contribution is -0.122. The van der Waals surface area contributed by atoms with Crippen LogP contribution in [-0.4, -0.2) is 90.7 Å². The molecule has 0 radical (unpaired) electrons. The van der Waals surface area contributed by atoms with Crippen molar-refractivity contribution in [3.8, 4) is 5.75 Å². The summed E-state index contributed by atoms with van der Waals surface area (Å²) in [7, 11) is 0. The molecule has 1 aliphatic carbocycles. The summed E-state index contributed by atoms with van der Waals surface area (Å²) >= 11 is 0. The Hall–Kier alpha value is -5.73. The minimum absolute atomic E-state index is 0.00131. The quantitative estimate of drug-likeness (QED) is 0.101. The number of aliphatic hydroxyl groups is 2. The standard InChI is InChI=1S/C39H45N9O5/c1-2-32(50)44-30-19-31(35(52)34(30)51)48-23-42-33-36(40-21-29(25-11-5-3-6-12-25)26-13-7-4-8-14-26)45-38(46-37(33)48)47-17-16-27(22-47)43-39(53)41-20-24-10-9-15-28(49)18-24/h3-15,18,23,27,29-31,34-35,49,51-52H,2,16-17,19-22H2,1H3,(H,44,50)(H,40,45,46)(H2,41,43,53)/t27-,30+,31-,34-,35+/m1/s1. The number of imidazole rings is 1. The van der Waals surface area contributed by atoms with E-state index in [0.29, 0.717) is 55.4 Å². The van der Waals surface area contributed by atoms with Gasteiger partial charge < -0.3 is 46.1 Å². The van der Waals surface area contributed by atoms with E-state index in [1.54, 1.807) is 36.0 Å². The third-order valence-electron chi connectivity index (χ3n) is 10.1. The second-order valence-corrected chi connectivity index (χ2v) is 13.7. The summed E-state index contributed by atoms with van der Waals surface area (Å²) in [4.78, 5) is 41.7. The molecular formula is C39H45N9O5. The van der Waals surface area contributed by atoms with Crippen LogP contribution in [0, 0.1) is 0 Å². The number of aromatic hydroxyl groups is 1. The van der Waals surface area contributed by atoms with Gasteiger partial charge in [-0.05, 0) is 41.7 Å². The van der Waals surface area contributed by atoms with E-state index in [0.717, 1.165) is 16.7 Å². The molecule has 3 amide bonds. The molecule has 1 saturated carbocycles. The van der Waals surface area contributed by atoms with Crippen molar-refractivity contribution >= 4 is 34.9 Å². The molecule has 0 bridgehead atoms. The van der Waals surface area contributed by atoms with E-state index in [1.807, 2.05) is 47.4 Å². The van der Waals surface area contributed by atoms with Crippen LogP contribution < -0.4 is 26.2 Å². The van der Waals surface area contributed by atoms with Crippen molar-refractivity contribution < 1.29 is 24.9 Å². The largest absolute Gasteiger partial charge is 0.508 e. The van der Waals surface area contributed by atoms with E-state index < -0.39 is 24.3 Å². The third kappa shape index (κ3) is 8.03. The van der Waals surface area contributed by atoms with Gasteiger partial charge >= 0.3 is 6.03 Å². The van der Waals surface area contributed by atoms with E-state index in [2.05, 4.69) is 45.5 Å². The third-order valence-corrected chi connectivity index (χ3v) is 10.1. The Bertz CT molecular complexity index is 1990. The number of fused-ring (bicyclic) bond motifs is 1. The lowest BCUT2D eigenvalue weighted by Crippen LogP contribution is -2.43. The average molecular weight is 720 g/mol. The van der Waals surface area contributed by atoms with Gasteiger partial charge in [-0.1, -0.05) is 79.7 Å². The SMILES string of the molecule is CCC(=O)N[C@H]1C[C@@H](n2cnc3c(NCC(c4ccccc4)c4ccccc4)nc(N4CC[C@@H](NC(=O)NCc5cccc(O)c5)C4)nc32)[C@H](O)[C@@H]1O. The van der Waals surface area contributed by atoms with E-state index in [4.69, 9.17) is 15.0 Å². The molecule has 0 unspecified atom stereocenters. The molecule has 2 aromatic heterocycles. The van der Waals surface area contributed by atoms with Crippen LogP contribution in [0.15, 0.2) is 91.3 Å². The van der Waals surface area contributed by atoms with Crippen LogP contribution in [0.5, 0.6) is 5.75 Å². The fraction of sp³-hybridized carbons (Fsp3) is 0.359. The van der Waals surface area contributed by atoms with Gasteiger partial charge in [0.2, 0.25) is 11.9 Å². The van der Waals surface area contributed by atoms with E-state index >= 15 is 0 Å². The molecule has 276 valence electrons. The van der Waals surface area contributed by atoms with Gasteiger partial charge in [0, 0.05) is 44.6 Å². The number of carbonyl (C=O) groups excluding carboxylic acids is 2. The monoisotopic (exact) mass is 719 g/mol. The zero-order valence-electron chi connectivity index (χ0n) is 29.5. The van der Waals surface area contributed by atoms with Gasteiger partial charge in [-0.15, -0.1) is 0 Å². The predicted molar refractivity (Wildman–Crippen MR) is 201 cm³/mol. The first-order valence-corrected chi connectivity index (χ1v) is 18.1. The van der Waals surface area contributed by atoms with Crippen molar-refractivity contribution in [3.63, 3.8) is 0 Å². The molecule has 1 saturated heterocycles. The topological polar surface area (TPSA) is 190 Å². The fourth-order valence-electron chi connectivity index (χ4n) is 7.29. The molecule has 3 heterocycles. The van der Waals surface area contributed by atoms with E-state index in [-0.39, 0.29) is 42.6 Å². The molecule has 53 heavy (non-hydrogen) atoms. The molecule has 2 aliphatic rings. The number of rotatable bonds is 12. The summed E-state index contributed by atoms with van der Waals surface area (Å²) in [6.45, 7) is 3.57. The van der Waals surface area contributed by atoms with Crippen molar-refractivity contribution in [2.45, 2.75) is 69.0 Å². The van der Waals surface area contributed by atoms with Crippen molar-refractivity contribution in [1.29, 1.82) is 0 Å². The van der Waals surface area contributed by atoms with Crippen LogP contribution in [0.2, 0.25) is 0 Å². The molecule has 1 aliphatic heterocycles. The summed E-state index contributed by atoms with van der Waals surface area (Å²) in [6, 6.07) is 25.5. The Balaban J connectivity index is 1.16. The molecule has 7 N–H and O–H groups in total. The van der Waals surface area contributed by atoms with Gasteiger partial charge in [-0.3, -0.25) is 4.79 Å². The maximum Gasteiger partial charge on any atom is 0.315 e. The molecule has 3 aromatic carbocycles. The summed E-state index contributed by atoms with van der Waals surface area (Å²) in [6.07, 6.45) is 0.507. The normalized spacial score (nSPS) is 21.2. The summed E-state index contributed by atoms with van der Waals surface area (Å²) < 4.78 is 1.77. The van der Waals surface area contributed by atoms with Crippen LogP contribution in [0.25, 0.3) is 11.2 Å². The first-order valence-electron chi connectivity index (χ1n) is 18.1. The lowest BCUT2D eigenvalue weighted by atomic mass is 9.91. The minimum atomic E-state index is -1.16. The molecular weight excluding hydrogens is 674 g/mol. The van der Waals surface area contributed by atoms with Crippen molar-refractivity contribution in [2.75, 3.05) is 29.9 Å². The van der Waals surface area contributed by atoms with Crippen LogP contribution in [0.1, 0.15) is 54.8 Å². The number of urea groups is 1. The Kier molecular flexibility index (Phi) is 10.7. The Morgan fingerprint density at radius 3 is 2.36 bits per heavy atom. The first kappa shape index (κ1) is 35.7. The number of benzene rings is 3. The number of aromatic nitrogens is 4. The van der Waals surface area contributed by atoms with Crippen LogP contribution in [0.4, 0.5) is 16.6 Å². The van der Waals surface area contributed by atoms with Crippen LogP contribution in [-0.2, 0) is 11.3 Å². The smallest absolute Gasteiger partial charge is 0.315 e. The summed E-state index contributed by atoms with van der Waals surface area (Å²) in [5.41, 5.74) is 4.05. The number of aliphatic hydroxyl groups excluding tert-OH is 2. The van der Waals surface area contributed by atoms with Gasteiger partial charge in [0.05, 0.1) is 18.4 Å². The predicted octanol–water partition coefficient (Wildman–Crippen LogP) is 3.42. The van der Waals surface area contributed by atoms with Gasteiger partial charge in [-0.25, -0.2) is 9.78 Å². The second kappa shape index (κ2) is 15.9. The number of hydrogen-bond donors (Lipinski definition) is 7. The number of hydrogen-bond acceptors (Lipinski definition) is 10. The van der Waals surface area contributed by atoms with E-state index in [9.17, 15) is 24.9 Å². The second-order valence-electron chi connectivity index (χ2n) is 13.7. The number of carbonyl (C=O) groups is 2. The highest BCUT2D eigenvalue weighted by Gasteiger charge is 2.44. The molecule has 7 rings (SSSR count). The van der Waals surface area contributed by atoms with Gasteiger partial charge in [-0.2, -0.15) is 9.97 Å². The zero-order chi connectivity index (χ0) is 36.9. The highest BCUT2D eigenvalue weighted by molar-refractivity contribution is 5.85. The molecule has 14 nitrogen and oxygen atoms in total. The highest BCUT2D eigenvalue weighted by Crippen LogP contribution is 2.35. The fourth-order valence-corrected chi connectivity index (χ4v) is 7.29. The van der Waals surface area contributed by atoms with Crippen molar-refractivity contribution in [2.24, 2.45) is 0 Å². The van der Waals surface area contributed by atoms with Crippen molar-refractivity contribution in [3.05, 3.63) is 108 Å². The number of nitrogens with zero attached hydrogens (tertiary/aromatic N) is 5. The summed E-state index contributed by atoms with van der Waals surface area (Å²) in [5, 5.41) is 44.1. The molecule has 5 atom stereocenters. The number of anilines is 2. The minimum Gasteiger partial charge on any atom is -0.508 e. The van der Waals surface area contributed by atoms with Gasteiger partial charge in [0.1, 0.15) is 18.0 Å². The molecule has 0 spiro atoms. The van der Waals surface area contributed by atoms with E-state index in [1.165, 1.54) is 0 Å². The maximum absolute atomic E-state index is 12.8. The number of phenols is 1. The molecule has 5 aromatic rings. The lowest BCUT2D eigenvalue weighted by Gasteiger charge is -2.22. The van der Waals surface area contributed by atoms with Crippen LogP contribution >= 0.6 is 0 Å². The van der Waals surface area contributed by atoms with Crippen molar-refractivity contribution in [1.82, 2.24) is 35.5 Å². The summed E-state index contributed by atoms with van der Waals surface area (Å²) in [5.74, 6) is 0.892. The maximum atomic E-state index is 12.8. The first-order chi connectivity index (χ1) is 25.8.